The van der Waals surface area contributed by atoms with Crippen molar-refractivity contribution in [2.45, 2.75) is 19.8 Å². The number of nitrogens with zero attached hydrogens (tertiary/aromatic N) is 6. The summed E-state index contributed by atoms with van der Waals surface area (Å²) in [5.41, 5.74) is 1.30. The molecule has 0 bridgehead atoms. The molecular weight excluding hydrogens is 398 g/mol. The number of carbonyl (C=O) groups is 2. The minimum absolute atomic E-state index is 0.0186. The monoisotopic (exact) mass is 421 g/mol. The summed E-state index contributed by atoms with van der Waals surface area (Å²) < 4.78 is 5.03. The van der Waals surface area contributed by atoms with E-state index in [1.807, 2.05) is 4.90 Å². The van der Waals surface area contributed by atoms with Gasteiger partial charge in [0.1, 0.15) is 5.52 Å². The van der Waals surface area contributed by atoms with Crippen molar-refractivity contribution in [2.75, 3.05) is 50.8 Å². The summed E-state index contributed by atoms with van der Waals surface area (Å²) in [6.45, 7) is 5.70. The molecule has 2 fully saturated rings. The SMILES string of the molecule is CCOC(=O)N1CCN(C(=O)C2CCN(c3nc(Cl)nc4nc[nH]c34)CC2)CC1. The molecule has 4 heterocycles. The normalized spacial score (nSPS) is 18.3. The number of aromatic amines is 1. The van der Waals surface area contributed by atoms with Crippen LogP contribution in [0.5, 0.6) is 0 Å². The van der Waals surface area contributed by atoms with Gasteiger partial charge in [0.25, 0.3) is 0 Å². The molecule has 4 rings (SSSR count). The Morgan fingerprint density at radius 2 is 1.83 bits per heavy atom. The Bertz CT molecular complexity index is 889. The lowest BCUT2D eigenvalue weighted by Crippen LogP contribution is -2.53. The van der Waals surface area contributed by atoms with Gasteiger partial charge in [0, 0.05) is 45.2 Å². The molecule has 0 aliphatic carbocycles. The van der Waals surface area contributed by atoms with Crippen molar-refractivity contribution in [2.24, 2.45) is 5.92 Å². The standard InChI is InChI=1S/C18H24ClN7O3/c1-2-29-18(28)26-9-7-25(8-10-26)16(27)12-3-5-24(6-4-12)15-13-14(21-11-20-13)22-17(19)23-15/h11-12H,2-10H2,1H3,(H,20,21,22,23). The topological polar surface area (TPSA) is 108 Å². The van der Waals surface area contributed by atoms with Crippen molar-refractivity contribution in [1.82, 2.24) is 29.7 Å². The molecule has 0 saturated carbocycles. The molecular formula is C18H24ClN7O3. The highest BCUT2D eigenvalue weighted by Gasteiger charge is 2.32. The van der Waals surface area contributed by atoms with Crippen molar-refractivity contribution in [3.8, 4) is 0 Å². The Labute approximate surface area is 173 Å². The van der Waals surface area contributed by atoms with Crippen LogP contribution in [0.4, 0.5) is 10.6 Å². The van der Waals surface area contributed by atoms with Crippen LogP contribution < -0.4 is 4.90 Å². The number of carbonyl (C=O) groups excluding carboxylic acids is 2. The second-order valence-electron chi connectivity index (χ2n) is 7.19. The largest absolute Gasteiger partial charge is 0.450 e. The number of nitrogens with one attached hydrogen (secondary N) is 1. The Kier molecular flexibility index (Phi) is 5.70. The molecule has 11 heteroatoms. The Hall–Kier alpha value is -2.62. The van der Waals surface area contributed by atoms with E-state index >= 15 is 0 Å². The van der Waals surface area contributed by atoms with Crippen LogP contribution in [0, 0.1) is 5.92 Å². The van der Waals surface area contributed by atoms with E-state index < -0.39 is 0 Å². The lowest BCUT2D eigenvalue weighted by Gasteiger charge is -2.38. The van der Waals surface area contributed by atoms with Gasteiger partial charge in [-0.15, -0.1) is 0 Å². The zero-order valence-electron chi connectivity index (χ0n) is 16.3. The molecule has 2 aliphatic rings. The first-order valence-electron chi connectivity index (χ1n) is 9.89. The van der Waals surface area contributed by atoms with Crippen LogP contribution in [0.3, 0.4) is 0 Å². The summed E-state index contributed by atoms with van der Waals surface area (Å²) in [5.74, 6) is 0.877. The van der Waals surface area contributed by atoms with Crippen LogP contribution in [0.15, 0.2) is 6.33 Å². The predicted octanol–water partition coefficient (Wildman–Crippen LogP) is 1.52. The molecule has 0 spiro atoms. The first-order valence-corrected chi connectivity index (χ1v) is 10.3. The van der Waals surface area contributed by atoms with Crippen molar-refractivity contribution in [3.05, 3.63) is 11.6 Å². The maximum atomic E-state index is 12.9. The van der Waals surface area contributed by atoms with Crippen LogP contribution in [0.2, 0.25) is 5.28 Å². The predicted molar refractivity (Wildman–Crippen MR) is 107 cm³/mol. The van der Waals surface area contributed by atoms with Gasteiger partial charge in [0.2, 0.25) is 11.2 Å². The van der Waals surface area contributed by atoms with E-state index in [0.29, 0.717) is 51.5 Å². The fourth-order valence-electron chi connectivity index (χ4n) is 3.94. The van der Waals surface area contributed by atoms with Crippen molar-refractivity contribution >= 4 is 40.6 Å². The third-order valence-corrected chi connectivity index (χ3v) is 5.67. The second-order valence-corrected chi connectivity index (χ2v) is 7.53. The highest BCUT2D eigenvalue weighted by molar-refractivity contribution is 6.28. The average Bonchev–Trinajstić information content (AvgIpc) is 3.21. The smallest absolute Gasteiger partial charge is 0.409 e. The molecule has 2 aliphatic heterocycles. The van der Waals surface area contributed by atoms with Gasteiger partial charge in [-0.05, 0) is 31.4 Å². The molecule has 2 aromatic heterocycles. The Morgan fingerprint density at radius 1 is 1.14 bits per heavy atom. The number of piperidine rings is 1. The van der Waals surface area contributed by atoms with Gasteiger partial charge in [0.05, 0.1) is 12.9 Å². The number of hydrogen-bond donors (Lipinski definition) is 1. The van der Waals surface area contributed by atoms with Crippen molar-refractivity contribution in [1.29, 1.82) is 0 Å². The molecule has 29 heavy (non-hydrogen) atoms. The van der Waals surface area contributed by atoms with Crippen LogP contribution in [0.25, 0.3) is 11.2 Å². The first kappa shape index (κ1) is 19.7. The number of piperazine rings is 1. The molecule has 2 saturated heterocycles. The lowest BCUT2D eigenvalue weighted by molar-refractivity contribution is -0.137. The number of anilines is 1. The number of fused-ring (bicyclic) bond motifs is 1. The molecule has 10 nitrogen and oxygen atoms in total. The summed E-state index contributed by atoms with van der Waals surface area (Å²) >= 11 is 6.03. The highest BCUT2D eigenvalue weighted by atomic mass is 35.5. The second kappa shape index (κ2) is 8.40. The van der Waals surface area contributed by atoms with E-state index in [1.165, 1.54) is 0 Å². The minimum Gasteiger partial charge on any atom is -0.450 e. The zero-order chi connectivity index (χ0) is 20.4. The molecule has 0 unspecified atom stereocenters. The van der Waals surface area contributed by atoms with Gasteiger partial charge in [-0.25, -0.2) is 9.78 Å². The molecule has 1 N–H and O–H groups in total. The molecule has 0 atom stereocenters. The van der Waals surface area contributed by atoms with E-state index in [2.05, 4.69) is 24.8 Å². The minimum atomic E-state index is -0.304. The van der Waals surface area contributed by atoms with Crippen LogP contribution >= 0.6 is 11.6 Å². The van der Waals surface area contributed by atoms with Crippen LogP contribution in [0.1, 0.15) is 19.8 Å². The van der Waals surface area contributed by atoms with Gasteiger partial charge < -0.3 is 24.4 Å². The molecule has 2 aromatic rings. The fourth-order valence-corrected chi connectivity index (χ4v) is 4.10. The number of aromatic nitrogens is 4. The number of imidazole rings is 1. The lowest BCUT2D eigenvalue weighted by atomic mass is 9.95. The average molecular weight is 422 g/mol. The van der Waals surface area contributed by atoms with Crippen molar-refractivity contribution < 1.29 is 14.3 Å². The van der Waals surface area contributed by atoms with E-state index in [4.69, 9.17) is 16.3 Å². The van der Waals surface area contributed by atoms with Gasteiger partial charge in [0.15, 0.2) is 11.5 Å². The Balaban J connectivity index is 1.33. The van der Waals surface area contributed by atoms with E-state index in [1.54, 1.807) is 18.2 Å². The summed E-state index contributed by atoms with van der Waals surface area (Å²) in [6.07, 6.45) is 2.76. The number of H-pyrrole nitrogens is 1. The maximum absolute atomic E-state index is 12.9. The number of amides is 2. The fraction of sp³-hybridized carbons (Fsp3) is 0.611. The van der Waals surface area contributed by atoms with Gasteiger partial charge >= 0.3 is 6.09 Å². The van der Waals surface area contributed by atoms with Crippen LogP contribution in [-0.2, 0) is 9.53 Å². The van der Waals surface area contributed by atoms with Gasteiger partial charge in [-0.1, -0.05) is 0 Å². The van der Waals surface area contributed by atoms with Gasteiger partial charge in [-0.3, -0.25) is 4.79 Å². The molecule has 156 valence electrons. The zero-order valence-corrected chi connectivity index (χ0v) is 17.1. The Morgan fingerprint density at radius 3 is 2.52 bits per heavy atom. The summed E-state index contributed by atoms with van der Waals surface area (Å²) in [5, 5.41) is 0.164. The summed E-state index contributed by atoms with van der Waals surface area (Å²) in [6, 6.07) is 0. The van der Waals surface area contributed by atoms with Crippen LogP contribution in [-0.4, -0.2) is 87.6 Å². The number of halogens is 1. The number of rotatable bonds is 3. The third kappa shape index (κ3) is 4.07. The molecule has 2 amide bonds. The number of hydrogen-bond acceptors (Lipinski definition) is 7. The van der Waals surface area contributed by atoms with Crippen molar-refractivity contribution in [3.63, 3.8) is 0 Å². The summed E-state index contributed by atoms with van der Waals surface area (Å²) in [4.78, 5) is 46.1. The summed E-state index contributed by atoms with van der Waals surface area (Å²) in [7, 11) is 0. The van der Waals surface area contributed by atoms with E-state index in [9.17, 15) is 9.59 Å². The van der Waals surface area contributed by atoms with E-state index in [0.717, 1.165) is 24.2 Å². The number of ether oxygens (including phenoxy) is 1. The molecule has 0 radical (unpaired) electrons. The highest BCUT2D eigenvalue weighted by Crippen LogP contribution is 2.28. The van der Waals surface area contributed by atoms with Gasteiger partial charge in [-0.2, -0.15) is 9.97 Å². The third-order valence-electron chi connectivity index (χ3n) is 5.50. The first-order chi connectivity index (χ1) is 14.1. The van der Waals surface area contributed by atoms with E-state index in [-0.39, 0.29) is 23.2 Å². The maximum Gasteiger partial charge on any atom is 0.409 e. The quantitative estimate of drug-likeness (QED) is 0.748. The molecule has 0 aromatic carbocycles.